The second kappa shape index (κ2) is 8.87. The second-order valence-electron chi connectivity index (χ2n) is 7.25. The van der Waals surface area contributed by atoms with Crippen molar-refractivity contribution in [1.82, 2.24) is 4.98 Å². The largest absolute Gasteiger partial charge is 0.404 e. The van der Waals surface area contributed by atoms with Crippen LogP contribution in [0.5, 0.6) is 0 Å². The summed E-state index contributed by atoms with van der Waals surface area (Å²) in [5.74, 6) is 0.838. The van der Waals surface area contributed by atoms with Crippen LogP contribution >= 0.6 is 0 Å². The average molecular weight is 393 g/mol. The molecule has 0 unspecified atom stereocenters. The number of benzene rings is 1. The number of nitrogens with one attached hydrogen (secondary N) is 1. The Morgan fingerprint density at radius 3 is 2.59 bits per heavy atom. The fourth-order valence-corrected chi connectivity index (χ4v) is 3.57. The summed E-state index contributed by atoms with van der Waals surface area (Å²) < 4.78 is 5.81. The minimum atomic E-state index is 0.137. The highest BCUT2D eigenvalue weighted by Crippen LogP contribution is 2.24. The molecule has 1 aliphatic heterocycles. The molecule has 152 valence electrons. The number of nitrogen functional groups attached to an aromatic ring is 1. The van der Waals surface area contributed by atoms with E-state index in [1.807, 2.05) is 24.3 Å². The molecule has 0 spiro atoms. The maximum absolute atomic E-state index is 8.76. The minimum absolute atomic E-state index is 0.137. The van der Waals surface area contributed by atoms with Crippen LogP contribution in [0.2, 0.25) is 0 Å². The van der Waals surface area contributed by atoms with Gasteiger partial charge >= 0.3 is 0 Å². The number of pyridine rings is 1. The number of hydrogen-bond acceptors (Lipinski definition) is 7. The van der Waals surface area contributed by atoms with Crippen molar-refractivity contribution in [3.05, 3.63) is 59.4 Å². The number of aliphatic imine (C=N–C) groups is 1. The van der Waals surface area contributed by atoms with Crippen LogP contribution < -0.4 is 16.4 Å². The molecular weight excluding hydrogens is 364 g/mol. The summed E-state index contributed by atoms with van der Waals surface area (Å²) in [6, 6.07) is 9.31. The maximum atomic E-state index is 8.76. The lowest BCUT2D eigenvalue weighted by Gasteiger charge is -2.36. The first-order valence-electron chi connectivity index (χ1n) is 9.62. The van der Waals surface area contributed by atoms with Crippen LogP contribution in [0.25, 0.3) is 5.57 Å². The fraction of sp³-hybridized carbons (Fsp3) is 0.318. The van der Waals surface area contributed by atoms with E-state index in [-0.39, 0.29) is 12.2 Å². The first-order chi connectivity index (χ1) is 13.9. The number of allylic oxidation sites excluding steroid dienone is 1. The SMILES string of the molecule is CN=CC(=CN)c1ccc(N)c(C(=N)c2ccnc(N3C[C@@H](C)O[C@@H](C)C3)c2)c1. The summed E-state index contributed by atoms with van der Waals surface area (Å²) in [5.41, 5.74) is 15.8. The molecule has 0 saturated carbocycles. The fourth-order valence-electron chi connectivity index (χ4n) is 3.57. The van der Waals surface area contributed by atoms with Crippen LogP contribution in [0, 0.1) is 5.41 Å². The van der Waals surface area contributed by atoms with E-state index in [9.17, 15) is 0 Å². The zero-order chi connectivity index (χ0) is 21.0. The lowest BCUT2D eigenvalue weighted by molar-refractivity contribution is -0.00545. The summed E-state index contributed by atoms with van der Waals surface area (Å²) in [4.78, 5) is 10.7. The quantitative estimate of drug-likeness (QED) is 0.535. The Morgan fingerprint density at radius 1 is 1.21 bits per heavy atom. The van der Waals surface area contributed by atoms with Gasteiger partial charge in [-0.05, 0) is 43.7 Å². The maximum Gasteiger partial charge on any atom is 0.129 e. The molecule has 1 aromatic carbocycles. The number of morpholine rings is 1. The lowest BCUT2D eigenvalue weighted by Crippen LogP contribution is -2.45. The van der Waals surface area contributed by atoms with Gasteiger partial charge in [0, 0.05) is 61.1 Å². The monoisotopic (exact) mass is 392 g/mol. The Morgan fingerprint density at radius 2 is 1.93 bits per heavy atom. The molecule has 3 rings (SSSR count). The molecule has 1 fully saturated rings. The molecule has 5 N–H and O–H groups in total. The van der Waals surface area contributed by atoms with E-state index in [1.165, 1.54) is 6.20 Å². The molecule has 0 radical (unpaired) electrons. The standard InChI is InChI=1S/C22H28N6O/c1-14-12-28(13-15(2)29-14)21-9-17(6-7-27-21)22(25)19-8-16(4-5-20(19)24)18(10-23)11-26-3/h4-11,14-15,25H,12-13,23-24H2,1-3H3/t14-,15+. The van der Waals surface area contributed by atoms with Crippen LogP contribution in [0.4, 0.5) is 11.5 Å². The Bertz CT molecular complexity index is 942. The van der Waals surface area contributed by atoms with Crippen LogP contribution in [0.1, 0.15) is 30.5 Å². The van der Waals surface area contributed by atoms with Crippen LogP contribution in [0.3, 0.4) is 0 Å². The molecule has 7 heteroatoms. The molecule has 0 bridgehead atoms. The smallest absolute Gasteiger partial charge is 0.129 e. The zero-order valence-electron chi connectivity index (χ0n) is 17.1. The first kappa shape index (κ1) is 20.5. The number of hydrogen-bond donors (Lipinski definition) is 3. The van der Waals surface area contributed by atoms with Crippen LogP contribution in [0.15, 0.2) is 47.7 Å². The van der Waals surface area contributed by atoms with Gasteiger partial charge in [0.05, 0.1) is 17.9 Å². The average Bonchev–Trinajstić information content (AvgIpc) is 2.71. The number of rotatable bonds is 5. The van der Waals surface area contributed by atoms with Crippen molar-refractivity contribution in [3.63, 3.8) is 0 Å². The molecule has 0 aliphatic carbocycles. The molecule has 29 heavy (non-hydrogen) atoms. The highest BCUT2D eigenvalue weighted by atomic mass is 16.5. The molecule has 1 aliphatic rings. The summed E-state index contributed by atoms with van der Waals surface area (Å²) >= 11 is 0. The first-order valence-corrected chi connectivity index (χ1v) is 9.62. The summed E-state index contributed by atoms with van der Waals surface area (Å²) in [6.45, 7) is 5.66. The topological polar surface area (TPSA) is 114 Å². The highest BCUT2D eigenvalue weighted by molar-refractivity contribution is 6.16. The number of ether oxygens (including phenoxy) is 1. The second-order valence-corrected chi connectivity index (χ2v) is 7.25. The molecule has 1 saturated heterocycles. The normalized spacial score (nSPS) is 20.2. The van der Waals surface area contributed by atoms with Gasteiger partial charge in [-0.2, -0.15) is 0 Å². The van der Waals surface area contributed by atoms with E-state index in [1.54, 1.807) is 25.5 Å². The molecule has 1 aromatic heterocycles. The Hall–Kier alpha value is -3.19. The van der Waals surface area contributed by atoms with Crippen molar-refractivity contribution in [2.24, 2.45) is 10.7 Å². The highest BCUT2D eigenvalue weighted by Gasteiger charge is 2.23. The lowest BCUT2D eigenvalue weighted by atomic mass is 9.97. The van der Waals surface area contributed by atoms with Crippen molar-refractivity contribution in [1.29, 1.82) is 5.41 Å². The van der Waals surface area contributed by atoms with Crippen molar-refractivity contribution in [2.75, 3.05) is 30.8 Å². The van der Waals surface area contributed by atoms with Crippen molar-refractivity contribution < 1.29 is 4.74 Å². The molecule has 2 aromatic rings. The van der Waals surface area contributed by atoms with Crippen LogP contribution in [-0.2, 0) is 4.74 Å². The Kier molecular flexibility index (Phi) is 6.29. The number of nitrogens with two attached hydrogens (primary N) is 2. The predicted molar refractivity (Wildman–Crippen MR) is 120 cm³/mol. The van der Waals surface area contributed by atoms with Gasteiger partial charge in [-0.1, -0.05) is 6.07 Å². The zero-order valence-corrected chi connectivity index (χ0v) is 17.1. The van der Waals surface area contributed by atoms with E-state index < -0.39 is 0 Å². The van der Waals surface area contributed by atoms with Crippen molar-refractivity contribution in [3.8, 4) is 0 Å². The third kappa shape index (κ3) is 4.63. The number of nitrogens with zero attached hydrogens (tertiary/aromatic N) is 3. The van der Waals surface area contributed by atoms with E-state index in [0.29, 0.717) is 17.0 Å². The summed E-state index contributed by atoms with van der Waals surface area (Å²) in [6.07, 6.45) is 5.19. The Labute approximate surface area is 171 Å². The third-order valence-electron chi connectivity index (χ3n) is 4.88. The third-order valence-corrected chi connectivity index (χ3v) is 4.88. The molecule has 2 heterocycles. The number of anilines is 2. The molecule has 0 amide bonds. The summed E-state index contributed by atoms with van der Waals surface area (Å²) in [5, 5.41) is 8.76. The summed E-state index contributed by atoms with van der Waals surface area (Å²) in [7, 11) is 1.69. The molecular formula is C22H28N6O. The predicted octanol–water partition coefficient (Wildman–Crippen LogP) is 2.69. The van der Waals surface area contributed by atoms with Crippen LogP contribution in [-0.4, -0.2) is 49.3 Å². The molecule has 7 nitrogen and oxygen atoms in total. The van der Waals surface area contributed by atoms with Gasteiger partial charge < -0.3 is 21.1 Å². The molecule has 2 atom stereocenters. The van der Waals surface area contributed by atoms with E-state index >= 15 is 0 Å². The van der Waals surface area contributed by atoms with Gasteiger partial charge in [-0.25, -0.2) is 4.98 Å². The van der Waals surface area contributed by atoms with E-state index in [4.69, 9.17) is 21.6 Å². The van der Waals surface area contributed by atoms with E-state index in [0.717, 1.165) is 35.6 Å². The van der Waals surface area contributed by atoms with E-state index in [2.05, 4.69) is 28.7 Å². The van der Waals surface area contributed by atoms with Gasteiger partial charge in [0.1, 0.15) is 5.82 Å². The van der Waals surface area contributed by atoms with Gasteiger partial charge in [-0.15, -0.1) is 0 Å². The van der Waals surface area contributed by atoms with Gasteiger partial charge in [0.2, 0.25) is 0 Å². The van der Waals surface area contributed by atoms with Gasteiger partial charge in [-0.3, -0.25) is 10.4 Å². The minimum Gasteiger partial charge on any atom is -0.404 e. The number of aromatic nitrogens is 1. The van der Waals surface area contributed by atoms with Crippen molar-refractivity contribution in [2.45, 2.75) is 26.1 Å². The Balaban J connectivity index is 1.93. The van der Waals surface area contributed by atoms with Crippen molar-refractivity contribution >= 4 is 29.0 Å². The van der Waals surface area contributed by atoms with Gasteiger partial charge in [0.25, 0.3) is 0 Å². The van der Waals surface area contributed by atoms with Gasteiger partial charge in [0.15, 0.2) is 0 Å².